The molecule has 0 spiro atoms. The van der Waals surface area contributed by atoms with E-state index in [9.17, 15) is 9.59 Å². The lowest BCUT2D eigenvalue weighted by Crippen LogP contribution is -2.52. The average Bonchev–Trinajstić information content (AvgIpc) is 2.39. The van der Waals surface area contributed by atoms with Crippen LogP contribution in [0, 0.1) is 17.3 Å². The van der Waals surface area contributed by atoms with Gasteiger partial charge in [-0.05, 0) is 31.8 Å². The first-order valence-corrected chi connectivity index (χ1v) is 6.66. The van der Waals surface area contributed by atoms with E-state index < -0.39 is 5.41 Å². The van der Waals surface area contributed by atoms with E-state index in [1.807, 2.05) is 6.08 Å². The molecule has 0 heterocycles. The zero-order chi connectivity index (χ0) is 14.0. The molecule has 2 aliphatic rings. The van der Waals surface area contributed by atoms with Crippen molar-refractivity contribution < 1.29 is 19.1 Å². The molecule has 1 fully saturated rings. The van der Waals surface area contributed by atoms with Crippen LogP contribution in [0.15, 0.2) is 24.5 Å². The normalized spacial score (nSPS) is 32.7. The SMILES string of the molecule is C=CC[C@@]12C=C(OC)[C@@H](C(=O)OCC)C[C@@H]1CC2=O. The monoisotopic (exact) mass is 264 g/mol. The Bertz CT molecular complexity index is 437. The van der Waals surface area contributed by atoms with Crippen molar-refractivity contribution >= 4 is 11.8 Å². The number of methoxy groups -OCH3 is 1. The third-order valence-electron chi connectivity index (χ3n) is 4.23. The minimum Gasteiger partial charge on any atom is -0.500 e. The molecule has 0 saturated heterocycles. The standard InChI is InChI=1S/C15H20O4/c1-4-6-15-9-12(18-3)11(14(17)19-5-2)7-10(15)8-13(15)16/h4,9-11H,1,5-8H2,2-3H3/t10-,11+,15-/m1/s1. The zero-order valence-corrected chi connectivity index (χ0v) is 11.5. The molecular formula is C15H20O4. The van der Waals surface area contributed by atoms with Gasteiger partial charge in [-0.3, -0.25) is 9.59 Å². The summed E-state index contributed by atoms with van der Waals surface area (Å²) in [5.74, 6) is 0.341. The Morgan fingerprint density at radius 2 is 2.37 bits per heavy atom. The number of rotatable bonds is 5. The van der Waals surface area contributed by atoms with Crippen LogP contribution in [0.4, 0.5) is 0 Å². The van der Waals surface area contributed by atoms with E-state index in [0.717, 1.165) is 0 Å². The van der Waals surface area contributed by atoms with Crippen LogP contribution in [0.1, 0.15) is 26.2 Å². The molecule has 2 aliphatic carbocycles. The molecule has 0 bridgehead atoms. The number of ether oxygens (including phenoxy) is 2. The van der Waals surface area contributed by atoms with E-state index in [2.05, 4.69) is 6.58 Å². The summed E-state index contributed by atoms with van der Waals surface area (Å²) in [6.07, 6.45) is 5.36. The molecule has 0 unspecified atom stereocenters. The maximum Gasteiger partial charge on any atom is 0.316 e. The smallest absolute Gasteiger partial charge is 0.316 e. The minimum atomic E-state index is -0.490. The molecule has 0 aliphatic heterocycles. The number of hydrogen-bond acceptors (Lipinski definition) is 4. The van der Waals surface area contributed by atoms with Crippen molar-refractivity contribution in [1.29, 1.82) is 0 Å². The lowest BCUT2D eigenvalue weighted by molar-refractivity contribution is -0.154. The van der Waals surface area contributed by atoms with Gasteiger partial charge in [0, 0.05) is 6.42 Å². The summed E-state index contributed by atoms with van der Waals surface area (Å²) < 4.78 is 10.4. The Balaban J connectivity index is 2.30. The lowest BCUT2D eigenvalue weighted by Gasteiger charge is -2.49. The Morgan fingerprint density at radius 1 is 1.63 bits per heavy atom. The van der Waals surface area contributed by atoms with Crippen molar-refractivity contribution in [3.8, 4) is 0 Å². The first kappa shape index (κ1) is 13.8. The largest absolute Gasteiger partial charge is 0.500 e. The Morgan fingerprint density at radius 3 is 2.89 bits per heavy atom. The number of allylic oxidation sites excluding steroid dienone is 2. The van der Waals surface area contributed by atoms with Crippen LogP contribution >= 0.6 is 0 Å². The van der Waals surface area contributed by atoms with Crippen LogP contribution < -0.4 is 0 Å². The fourth-order valence-corrected chi connectivity index (χ4v) is 3.17. The maximum absolute atomic E-state index is 12.0. The minimum absolute atomic E-state index is 0.200. The first-order valence-electron chi connectivity index (χ1n) is 6.66. The molecule has 0 aromatic carbocycles. The number of Topliss-reactive ketones (excluding diaryl/α,β-unsaturated/α-hetero) is 1. The van der Waals surface area contributed by atoms with Crippen LogP contribution in [-0.2, 0) is 19.1 Å². The molecule has 0 aromatic heterocycles. The van der Waals surface area contributed by atoms with Crippen molar-refractivity contribution in [2.75, 3.05) is 13.7 Å². The maximum atomic E-state index is 12.0. The van der Waals surface area contributed by atoms with Gasteiger partial charge in [-0.15, -0.1) is 6.58 Å². The van der Waals surface area contributed by atoms with E-state index in [4.69, 9.17) is 9.47 Å². The molecule has 0 aromatic rings. The Labute approximate surface area is 113 Å². The Hall–Kier alpha value is -1.58. The molecule has 0 amide bonds. The van der Waals surface area contributed by atoms with Crippen LogP contribution in [0.5, 0.6) is 0 Å². The molecule has 0 N–H and O–H groups in total. The van der Waals surface area contributed by atoms with Gasteiger partial charge in [0.1, 0.15) is 17.5 Å². The third kappa shape index (κ3) is 2.09. The topological polar surface area (TPSA) is 52.6 Å². The van der Waals surface area contributed by atoms with E-state index in [-0.39, 0.29) is 23.6 Å². The zero-order valence-electron chi connectivity index (χ0n) is 11.5. The Kier molecular flexibility index (Phi) is 3.78. The lowest BCUT2D eigenvalue weighted by atomic mass is 9.52. The van der Waals surface area contributed by atoms with Gasteiger partial charge in [-0.2, -0.15) is 0 Å². The van der Waals surface area contributed by atoms with Gasteiger partial charge in [0.15, 0.2) is 0 Å². The summed E-state index contributed by atoms with van der Waals surface area (Å²) in [6.45, 7) is 5.86. The van der Waals surface area contributed by atoms with E-state index in [1.165, 1.54) is 7.11 Å². The summed E-state index contributed by atoms with van der Waals surface area (Å²) in [5, 5.41) is 0. The summed E-state index contributed by atoms with van der Waals surface area (Å²) >= 11 is 0. The van der Waals surface area contributed by atoms with Crippen LogP contribution in [-0.4, -0.2) is 25.5 Å². The van der Waals surface area contributed by atoms with Crippen molar-refractivity contribution in [2.24, 2.45) is 17.3 Å². The highest BCUT2D eigenvalue weighted by Gasteiger charge is 2.56. The number of fused-ring (bicyclic) bond motifs is 1. The van der Waals surface area contributed by atoms with Gasteiger partial charge in [0.25, 0.3) is 0 Å². The third-order valence-corrected chi connectivity index (χ3v) is 4.23. The van der Waals surface area contributed by atoms with E-state index >= 15 is 0 Å². The van der Waals surface area contributed by atoms with Crippen molar-refractivity contribution in [3.63, 3.8) is 0 Å². The van der Waals surface area contributed by atoms with Crippen molar-refractivity contribution in [2.45, 2.75) is 26.2 Å². The summed E-state index contributed by atoms with van der Waals surface area (Å²) in [4.78, 5) is 23.9. The number of ketones is 1. The molecular weight excluding hydrogens is 244 g/mol. The summed E-state index contributed by atoms with van der Waals surface area (Å²) in [7, 11) is 1.53. The molecule has 0 radical (unpaired) electrons. The van der Waals surface area contributed by atoms with E-state index in [0.29, 0.717) is 31.6 Å². The molecule has 4 heteroatoms. The van der Waals surface area contributed by atoms with Crippen LogP contribution in [0.2, 0.25) is 0 Å². The van der Waals surface area contributed by atoms with Gasteiger partial charge < -0.3 is 9.47 Å². The molecule has 1 saturated carbocycles. The van der Waals surface area contributed by atoms with Gasteiger partial charge in [0.05, 0.1) is 19.1 Å². The van der Waals surface area contributed by atoms with Gasteiger partial charge in [-0.1, -0.05) is 6.08 Å². The molecule has 4 nitrogen and oxygen atoms in total. The number of carbonyl (C=O) groups is 2. The van der Waals surface area contributed by atoms with Gasteiger partial charge in [0.2, 0.25) is 0 Å². The predicted octanol–water partition coefficient (Wildman–Crippen LogP) is 2.25. The summed E-state index contributed by atoms with van der Waals surface area (Å²) in [6, 6.07) is 0. The van der Waals surface area contributed by atoms with Crippen LogP contribution in [0.3, 0.4) is 0 Å². The average molecular weight is 264 g/mol. The molecule has 2 rings (SSSR count). The highest BCUT2D eigenvalue weighted by molar-refractivity contribution is 5.94. The van der Waals surface area contributed by atoms with Crippen LogP contribution in [0.25, 0.3) is 0 Å². The molecule has 104 valence electrons. The predicted molar refractivity (Wildman–Crippen MR) is 70.2 cm³/mol. The highest BCUT2D eigenvalue weighted by atomic mass is 16.5. The second-order valence-electron chi connectivity index (χ2n) is 5.15. The molecule has 19 heavy (non-hydrogen) atoms. The number of carbonyl (C=O) groups excluding carboxylic acids is 2. The quantitative estimate of drug-likeness (QED) is 0.564. The number of esters is 1. The highest BCUT2D eigenvalue weighted by Crippen LogP contribution is 2.55. The van der Waals surface area contributed by atoms with E-state index in [1.54, 1.807) is 13.0 Å². The van der Waals surface area contributed by atoms with Gasteiger partial charge >= 0.3 is 5.97 Å². The first-order chi connectivity index (χ1) is 9.08. The number of hydrogen-bond donors (Lipinski definition) is 0. The fourth-order valence-electron chi connectivity index (χ4n) is 3.17. The summed E-state index contributed by atoms with van der Waals surface area (Å²) in [5.41, 5.74) is -0.490. The molecule has 3 atom stereocenters. The van der Waals surface area contributed by atoms with Crippen molar-refractivity contribution in [1.82, 2.24) is 0 Å². The second-order valence-corrected chi connectivity index (χ2v) is 5.15. The van der Waals surface area contributed by atoms with Crippen molar-refractivity contribution in [3.05, 3.63) is 24.5 Å². The fraction of sp³-hybridized carbons (Fsp3) is 0.600. The van der Waals surface area contributed by atoms with Gasteiger partial charge in [-0.25, -0.2) is 0 Å². The second kappa shape index (κ2) is 5.19.